The van der Waals surface area contributed by atoms with Crippen LogP contribution in [-0.4, -0.2) is 24.9 Å². The van der Waals surface area contributed by atoms with Gasteiger partial charge in [-0.2, -0.15) is 0 Å². The molecule has 0 spiro atoms. The second-order valence-corrected chi connectivity index (χ2v) is 6.23. The summed E-state index contributed by atoms with van der Waals surface area (Å²) in [7, 11) is 0. The van der Waals surface area contributed by atoms with Crippen LogP contribution in [0.2, 0.25) is 0 Å². The van der Waals surface area contributed by atoms with Gasteiger partial charge in [-0.25, -0.2) is 4.39 Å². The first-order valence-electron chi connectivity index (χ1n) is 8.65. The number of halogens is 1. The van der Waals surface area contributed by atoms with E-state index in [4.69, 9.17) is 4.74 Å². The highest BCUT2D eigenvalue weighted by Crippen LogP contribution is 2.28. The molecule has 2 aromatic carbocycles. The van der Waals surface area contributed by atoms with Gasteiger partial charge in [0.15, 0.2) is 0 Å². The molecule has 2 aromatic rings. The molecule has 0 atom stereocenters. The van der Waals surface area contributed by atoms with Crippen LogP contribution in [0.5, 0.6) is 5.75 Å². The molecule has 0 aromatic heterocycles. The number of ether oxygens (including phenoxy) is 1. The van der Waals surface area contributed by atoms with Crippen molar-refractivity contribution in [2.75, 3.05) is 13.1 Å². The van der Waals surface area contributed by atoms with Crippen molar-refractivity contribution >= 4 is 11.8 Å². The van der Waals surface area contributed by atoms with E-state index in [1.165, 1.54) is 12.1 Å². The Hall–Kier alpha value is -2.89. The van der Waals surface area contributed by atoms with Crippen molar-refractivity contribution in [3.63, 3.8) is 0 Å². The van der Waals surface area contributed by atoms with Gasteiger partial charge in [0.05, 0.1) is 5.56 Å². The van der Waals surface area contributed by atoms with Crippen molar-refractivity contribution in [3.05, 3.63) is 65.5 Å². The van der Waals surface area contributed by atoms with Crippen LogP contribution in [-0.2, 0) is 11.4 Å². The second kappa shape index (κ2) is 8.47. The zero-order valence-electron chi connectivity index (χ0n) is 14.3. The SMILES string of the molecule is O=C(NCCNC(=O)C1CC1)c1ccccc1OCc1ccc(F)cc1. The first-order valence-corrected chi connectivity index (χ1v) is 8.65. The predicted octanol–water partition coefficient (Wildman–Crippen LogP) is 2.66. The molecule has 136 valence electrons. The van der Waals surface area contributed by atoms with Crippen LogP contribution in [0, 0.1) is 11.7 Å². The lowest BCUT2D eigenvalue weighted by molar-refractivity contribution is -0.122. The summed E-state index contributed by atoms with van der Waals surface area (Å²) in [6.45, 7) is 0.991. The van der Waals surface area contributed by atoms with E-state index in [0.29, 0.717) is 24.4 Å². The summed E-state index contributed by atoms with van der Waals surface area (Å²) >= 11 is 0. The van der Waals surface area contributed by atoms with E-state index >= 15 is 0 Å². The van der Waals surface area contributed by atoms with Crippen molar-refractivity contribution < 1.29 is 18.7 Å². The lowest BCUT2D eigenvalue weighted by Gasteiger charge is -2.12. The molecule has 2 N–H and O–H groups in total. The summed E-state index contributed by atoms with van der Waals surface area (Å²) in [5.74, 6) is 0.104. The summed E-state index contributed by atoms with van der Waals surface area (Å²) in [5.41, 5.74) is 1.23. The lowest BCUT2D eigenvalue weighted by Crippen LogP contribution is -2.35. The molecule has 0 saturated heterocycles. The molecule has 0 aliphatic heterocycles. The summed E-state index contributed by atoms with van der Waals surface area (Å²) in [5, 5.41) is 5.58. The summed E-state index contributed by atoms with van der Waals surface area (Å²) in [6, 6.07) is 13.0. The minimum atomic E-state index is -0.303. The van der Waals surface area contributed by atoms with E-state index in [0.717, 1.165) is 18.4 Å². The minimum Gasteiger partial charge on any atom is -0.488 e. The smallest absolute Gasteiger partial charge is 0.255 e. The molecule has 6 heteroatoms. The molecule has 26 heavy (non-hydrogen) atoms. The quantitative estimate of drug-likeness (QED) is 0.715. The number of rotatable bonds is 8. The monoisotopic (exact) mass is 356 g/mol. The average molecular weight is 356 g/mol. The van der Waals surface area contributed by atoms with E-state index in [1.54, 1.807) is 36.4 Å². The lowest BCUT2D eigenvalue weighted by atomic mass is 10.2. The van der Waals surface area contributed by atoms with Crippen LogP contribution in [0.15, 0.2) is 48.5 Å². The number of nitrogens with one attached hydrogen (secondary N) is 2. The number of hydrogen-bond donors (Lipinski definition) is 2. The Labute approximate surface area is 151 Å². The second-order valence-electron chi connectivity index (χ2n) is 6.23. The Bertz CT molecular complexity index is 773. The Balaban J connectivity index is 1.51. The Morgan fingerprint density at radius 3 is 2.42 bits per heavy atom. The molecule has 0 bridgehead atoms. The highest BCUT2D eigenvalue weighted by Gasteiger charge is 2.29. The molecule has 3 rings (SSSR count). The number of para-hydroxylation sites is 1. The molecule has 0 unspecified atom stereocenters. The van der Waals surface area contributed by atoms with Gasteiger partial charge in [-0.1, -0.05) is 24.3 Å². The largest absolute Gasteiger partial charge is 0.488 e. The van der Waals surface area contributed by atoms with Crippen LogP contribution in [0.1, 0.15) is 28.8 Å². The minimum absolute atomic E-state index is 0.0577. The van der Waals surface area contributed by atoms with Gasteiger partial charge >= 0.3 is 0 Å². The van der Waals surface area contributed by atoms with Gasteiger partial charge < -0.3 is 15.4 Å². The third kappa shape index (κ3) is 5.05. The van der Waals surface area contributed by atoms with Gasteiger partial charge in [0, 0.05) is 19.0 Å². The van der Waals surface area contributed by atoms with Crippen molar-refractivity contribution in [1.82, 2.24) is 10.6 Å². The first kappa shape index (κ1) is 17.9. The normalized spacial score (nSPS) is 13.1. The molecule has 0 radical (unpaired) electrons. The highest BCUT2D eigenvalue weighted by molar-refractivity contribution is 5.96. The molecule has 0 heterocycles. The Morgan fingerprint density at radius 2 is 1.69 bits per heavy atom. The highest BCUT2D eigenvalue weighted by atomic mass is 19.1. The maximum absolute atomic E-state index is 12.9. The van der Waals surface area contributed by atoms with Crippen molar-refractivity contribution in [1.29, 1.82) is 0 Å². The van der Waals surface area contributed by atoms with Crippen molar-refractivity contribution in [2.45, 2.75) is 19.4 Å². The van der Waals surface area contributed by atoms with E-state index in [-0.39, 0.29) is 30.2 Å². The number of carbonyl (C=O) groups excluding carboxylic acids is 2. The fraction of sp³-hybridized carbons (Fsp3) is 0.300. The Kier molecular flexibility index (Phi) is 5.84. The molecule has 1 saturated carbocycles. The molecule has 1 aliphatic rings. The van der Waals surface area contributed by atoms with Gasteiger partial charge in [-0.15, -0.1) is 0 Å². The molecule has 1 fully saturated rings. The van der Waals surface area contributed by atoms with Crippen LogP contribution in [0.4, 0.5) is 4.39 Å². The third-order valence-corrected chi connectivity index (χ3v) is 4.10. The fourth-order valence-electron chi connectivity index (χ4n) is 2.47. The number of benzene rings is 2. The van der Waals surface area contributed by atoms with Gasteiger partial charge in [-0.3, -0.25) is 9.59 Å². The van der Waals surface area contributed by atoms with E-state index in [9.17, 15) is 14.0 Å². The van der Waals surface area contributed by atoms with E-state index in [2.05, 4.69) is 10.6 Å². The Morgan fingerprint density at radius 1 is 1.00 bits per heavy atom. The predicted molar refractivity (Wildman–Crippen MR) is 95.2 cm³/mol. The average Bonchev–Trinajstić information content (AvgIpc) is 3.50. The number of hydrogen-bond acceptors (Lipinski definition) is 3. The van der Waals surface area contributed by atoms with Gasteiger partial charge in [0.25, 0.3) is 5.91 Å². The van der Waals surface area contributed by atoms with Gasteiger partial charge in [-0.05, 0) is 42.7 Å². The van der Waals surface area contributed by atoms with Crippen molar-refractivity contribution in [2.24, 2.45) is 5.92 Å². The van der Waals surface area contributed by atoms with Gasteiger partial charge in [0.2, 0.25) is 5.91 Å². The van der Waals surface area contributed by atoms with Crippen LogP contribution >= 0.6 is 0 Å². The number of amides is 2. The molecule has 1 aliphatic carbocycles. The zero-order valence-corrected chi connectivity index (χ0v) is 14.3. The fourth-order valence-corrected chi connectivity index (χ4v) is 2.47. The maximum atomic E-state index is 12.9. The molecular formula is C20H21FN2O3. The molecule has 2 amide bonds. The summed E-state index contributed by atoms with van der Waals surface area (Å²) < 4.78 is 18.7. The van der Waals surface area contributed by atoms with E-state index in [1.807, 2.05) is 0 Å². The molecular weight excluding hydrogens is 335 g/mol. The topological polar surface area (TPSA) is 67.4 Å². The zero-order chi connectivity index (χ0) is 18.4. The van der Waals surface area contributed by atoms with Crippen LogP contribution in [0.25, 0.3) is 0 Å². The number of carbonyl (C=O) groups is 2. The first-order chi connectivity index (χ1) is 12.6. The van der Waals surface area contributed by atoms with Crippen molar-refractivity contribution in [3.8, 4) is 5.75 Å². The third-order valence-electron chi connectivity index (χ3n) is 4.10. The summed E-state index contributed by atoms with van der Waals surface area (Å²) in [6.07, 6.45) is 1.91. The van der Waals surface area contributed by atoms with E-state index < -0.39 is 0 Å². The van der Waals surface area contributed by atoms with Gasteiger partial charge in [0.1, 0.15) is 18.2 Å². The molecule has 5 nitrogen and oxygen atoms in total. The van der Waals surface area contributed by atoms with Crippen LogP contribution < -0.4 is 15.4 Å². The summed E-state index contributed by atoms with van der Waals surface area (Å²) in [4.78, 5) is 23.9. The van der Waals surface area contributed by atoms with Crippen LogP contribution in [0.3, 0.4) is 0 Å². The maximum Gasteiger partial charge on any atom is 0.255 e. The standard InChI is InChI=1S/C20H21FN2O3/c21-16-9-5-14(6-10-16)13-26-18-4-2-1-3-17(18)20(25)23-12-11-22-19(24)15-7-8-15/h1-6,9-10,15H,7-8,11-13H2,(H,22,24)(H,23,25).